The molecule has 0 saturated heterocycles. The number of benzene rings is 1. The van der Waals surface area contributed by atoms with Crippen molar-refractivity contribution in [2.45, 2.75) is 32.2 Å². The number of nitrogens with one attached hydrogen (secondary N) is 1. The molecule has 1 aromatic carbocycles. The molecular formula is C13H21ClN2O. The predicted octanol–water partition coefficient (Wildman–Crippen LogP) is 2.07. The molecule has 3 N–H and O–H groups in total. The van der Waals surface area contributed by atoms with Crippen LogP contribution in [0.15, 0.2) is 30.3 Å². The summed E-state index contributed by atoms with van der Waals surface area (Å²) in [6.07, 6.45) is 0.799. The fourth-order valence-corrected chi connectivity index (χ4v) is 1.66. The molecule has 1 amide bonds. The van der Waals surface area contributed by atoms with E-state index in [-0.39, 0.29) is 30.3 Å². The van der Waals surface area contributed by atoms with Gasteiger partial charge in [-0.25, -0.2) is 0 Å². The Bertz CT molecular complexity index is 329. The highest BCUT2D eigenvalue weighted by atomic mass is 35.5. The molecule has 0 aliphatic carbocycles. The van der Waals surface area contributed by atoms with Crippen molar-refractivity contribution < 1.29 is 4.79 Å². The molecule has 96 valence electrons. The normalized spacial score (nSPS) is 13.4. The van der Waals surface area contributed by atoms with Gasteiger partial charge in [0.25, 0.3) is 0 Å². The lowest BCUT2D eigenvalue weighted by atomic mass is 9.95. The molecule has 2 atom stereocenters. The zero-order valence-corrected chi connectivity index (χ0v) is 11.2. The molecule has 1 aromatic rings. The number of carbonyl (C=O) groups excluding carboxylic acids is 1. The Morgan fingerprint density at radius 3 is 2.41 bits per heavy atom. The average molecular weight is 257 g/mol. The van der Waals surface area contributed by atoms with Crippen LogP contribution in [-0.2, 0) is 4.79 Å². The lowest BCUT2D eigenvalue weighted by Crippen LogP contribution is -2.40. The van der Waals surface area contributed by atoms with E-state index in [1.165, 1.54) is 0 Å². The number of hydrogen-bond donors (Lipinski definition) is 2. The predicted molar refractivity (Wildman–Crippen MR) is 73.4 cm³/mol. The maximum atomic E-state index is 12.0. The summed E-state index contributed by atoms with van der Waals surface area (Å²) < 4.78 is 0. The molecule has 1 rings (SSSR count). The second-order valence-corrected chi connectivity index (χ2v) is 4.02. The van der Waals surface area contributed by atoms with E-state index in [0.29, 0.717) is 6.54 Å². The molecule has 1 unspecified atom stereocenters. The third-order valence-corrected chi connectivity index (χ3v) is 2.67. The van der Waals surface area contributed by atoms with Crippen LogP contribution in [0.5, 0.6) is 0 Å². The van der Waals surface area contributed by atoms with Gasteiger partial charge in [-0.1, -0.05) is 37.3 Å². The molecule has 0 radical (unpaired) electrons. The van der Waals surface area contributed by atoms with Gasteiger partial charge >= 0.3 is 0 Å². The first-order chi connectivity index (χ1) is 7.69. The Labute approximate surface area is 109 Å². The van der Waals surface area contributed by atoms with Crippen LogP contribution in [0.3, 0.4) is 0 Å². The highest BCUT2D eigenvalue weighted by Gasteiger charge is 2.19. The molecule has 0 spiro atoms. The SMILES string of the molecule is CCC(C(=O)N[C@H](C)CN)c1ccccc1.Cl. The lowest BCUT2D eigenvalue weighted by Gasteiger charge is -2.18. The van der Waals surface area contributed by atoms with Gasteiger partial charge in [0, 0.05) is 12.6 Å². The summed E-state index contributed by atoms with van der Waals surface area (Å²) in [6, 6.07) is 9.87. The van der Waals surface area contributed by atoms with Crippen LogP contribution in [0.25, 0.3) is 0 Å². The van der Waals surface area contributed by atoms with Crippen molar-refractivity contribution in [3.05, 3.63) is 35.9 Å². The van der Waals surface area contributed by atoms with Gasteiger partial charge in [-0.3, -0.25) is 4.79 Å². The first kappa shape index (κ1) is 15.9. The van der Waals surface area contributed by atoms with Gasteiger partial charge in [0.15, 0.2) is 0 Å². The van der Waals surface area contributed by atoms with E-state index in [4.69, 9.17) is 5.73 Å². The van der Waals surface area contributed by atoms with Gasteiger partial charge in [0.2, 0.25) is 5.91 Å². The van der Waals surface area contributed by atoms with Gasteiger partial charge in [-0.2, -0.15) is 0 Å². The quantitative estimate of drug-likeness (QED) is 0.847. The maximum Gasteiger partial charge on any atom is 0.227 e. The number of nitrogens with two attached hydrogens (primary N) is 1. The average Bonchev–Trinajstić information content (AvgIpc) is 2.31. The van der Waals surface area contributed by atoms with Gasteiger partial charge in [-0.05, 0) is 18.9 Å². The summed E-state index contributed by atoms with van der Waals surface area (Å²) in [5.41, 5.74) is 6.55. The fourth-order valence-electron chi connectivity index (χ4n) is 1.66. The molecule has 0 aromatic heterocycles. The molecule has 17 heavy (non-hydrogen) atoms. The monoisotopic (exact) mass is 256 g/mol. The molecule has 0 bridgehead atoms. The molecule has 4 heteroatoms. The minimum Gasteiger partial charge on any atom is -0.352 e. The molecular weight excluding hydrogens is 236 g/mol. The standard InChI is InChI=1S/C13H20N2O.ClH/c1-3-12(11-7-5-4-6-8-11)13(16)15-10(2)9-14;/h4-8,10,12H,3,9,14H2,1-2H3,(H,15,16);1H/t10-,12?;/m1./s1. The lowest BCUT2D eigenvalue weighted by molar-refractivity contribution is -0.123. The molecule has 0 aliphatic rings. The van der Waals surface area contributed by atoms with E-state index in [2.05, 4.69) is 5.32 Å². The number of halogens is 1. The first-order valence-corrected chi connectivity index (χ1v) is 5.74. The molecule has 0 heterocycles. The smallest absolute Gasteiger partial charge is 0.227 e. The van der Waals surface area contributed by atoms with Crippen molar-refractivity contribution >= 4 is 18.3 Å². The van der Waals surface area contributed by atoms with Crippen LogP contribution in [0.2, 0.25) is 0 Å². The summed E-state index contributed by atoms with van der Waals surface area (Å²) in [5.74, 6) is -0.0122. The number of hydrogen-bond acceptors (Lipinski definition) is 2. The topological polar surface area (TPSA) is 55.1 Å². The number of amides is 1. The fraction of sp³-hybridized carbons (Fsp3) is 0.462. The zero-order chi connectivity index (χ0) is 12.0. The van der Waals surface area contributed by atoms with Gasteiger partial charge in [0.05, 0.1) is 5.92 Å². The Morgan fingerprint density at radius 2 is 1.94 bits per heavy atom. The van der Waals surface area contributed by atoms with E-state index in [9.17, 15) is 4.79 Å². The van der Waals surface area contributed by atoms with E-state index in [1.807, 2.05) is 44.2 Å². The Balaban J connectivity index is 0.00000256. The number of carbonyl (C=O) groups is 1. The molecule has 0 fully saturated rings. The summed E-state index contributed by atoms with van der Waals surface area (Å²) in [5, 5.41) is 2.92. The second kappa shape index (κ2) is 8.09. The van der Waals surface area contributed by atoms with Crippen LogP contribution in [0, 0.1) is 0 Å². The minimum absolute atomic E-state index is 0. The Morgan fingerprint density at radius 1 is 1.35 bits per heavy atom. The van der Waals surface area contributed by atoms with Crippen LogP contribution in [-0.4, -0.2) is 18.5 Å². The van der Waals surface area contributed by atoms with Gasteiger partial charge in [0.1, 0.15) is 0 Å². The van der Waals surface area contributed by atoms with Crippen molar-refractivity contribution in [3.8, 4) is 0 Å². The zero-order valence-electron chi connectivity index (χ0n) is 10.3. The van der Waals surface area contributed by atoms with E-state index >= 15 is 0 Å². The summed E-state index contributed by atoms with van der Waals surface area (Å²) in [6.45, 7) is 4.40. The Hall–Kier alpha value is -1.06. The largest absolute Gasteiger partial charge is 0.352 e. The highest BCUT2D eigenvalue weighted by molar-refractivity contribution is 5.85. The van der Waals surface area contributed by atoms with Crippen molar-refractivity contribution in [2.24, 2.45) is 5.73 Å². The van der Waals surface area contributed by atoms with E-state index in [1.54, 1.807) is 0 Å². The highest BCUT2D eigenvalue weighted by Crippen LogP contribution is 2.19. The van der Waals surface area contributed by atoms with Crippen molar-refractivity contribution in [3.63, 3.8) is 0 Å². The summed E-state index contributed by atoms with van der Waals surface area (Å²) in [4.78, 5) is 12.0. The van der Waals surface area contributed by atoms with E-state index in [0.717, 1.165) is 12.0 Å². The van der Waals surface area contributed by atoms with Crippen molar-refractivity contribution in [2.75, 3.05) is 6.54 Å². The van der Waals surface area contributed by atoms with Crippen LogP contribution in [0.1, 0.15) is 31.7 Å². The maximum absolute atomic E-state index is 12.0. The van der Waals surface area contributed by atoms with Crippen molar-refractivity contribution in [1.82, 2.24) is 5.32 Å². The second-order valence-electron chi connectivity index (χ2n) is 4.02. The Kier molecular flexibility index (Phi) is 7.59. The van der Waals surface area contributed by atoms with Gasteiger partial charge < -0.3 is 11.1 Å². The molecule has 0 saturated carbocycles. The molecule has 0 aliphatic heterocycles. The van der Waals surface area contributed by atoms with Gasteiger partial charge in [-0.15, -0.1) is 12.4 Å². The summed E-state index contributed by atoms with van der Waals surface area (Å²) >= 11 is 0. The summed E-state index contributed by atoms with van der Waals surface area (Å²) in [7, 11) is 0. The van der Waals surface area contributed by atoms with Crippen LogP contribution in [0.4, 0.5) is 0 Å². The third kappa shape index (κ3) is 4.75. The molecule has 3 nitrogen and oxygen atoms in total. The van der Waals surface area contributed by atoms with Crippen LogP contribution >= 0.6 is 12.4 Å². The first-order valence-electron chi connectivity index (χ1n) is 5.74. The van der Waals surface area contributed by atoms with E-state index < -0.39 is 0 Å². The number of rotatable bonds is 5. The minimum atomic E-state index is -0.0739. The third-order valence-electron chi connectivity index (χ3n) is 2.67. The van der Waals surface area contributed by atoms with Crippen molar-refractivity contribution in [1.29, 1.82) is 0 Å². The van der Waals surface area contributed by atoms with Crippen LogP contribution < -0.4 is 11.1 Å².